The van der Waals surface area contributed by atoms with E-state index in [-0.39, 0.29) is 12.1 Å². The summed E-state index contributed by atoms with van der Waals surface area (Å²) in [5.41, 5.74) is 2.30. The zero-order chi connectivity index (χ0) is 15.4. The molecule has 0 spiro atoms. The number of rotatable bonds is 6. The lowest BCUT2D eigenvalue weighted by Gasteiger charge is -2.22. The topological polar surface area (TPSA) is 30.5 Å². The molecule has 0 bridgehead atoms. The summed E-state index contributed by atoms with van der Waals surface area (Å²) in [7, 11) is 3.32. The Morgan fingerprint density at radius 1 is 1.10 bits per heavy atom. The fourth-order valence-corrected chi connectivity index (χ4v) is 3.27. The number of benzene rings is 1. The molecule has 2 atom stereocenters. The highest BCUT2D eigenvalue weighted by Gasteiger charge is 2.16. The van der Waals surface area contributed by atoms with E-state index in [0.29, 0.717) is 0 Å². The van der Waals surface area contributed by atoms with Gasteiger partial charge in [-0.1, -0.05) is 17.7 Å². The predicted octanol–water partition coefficient (Wildman–Crippen LogP) is 4.83. The van der Waals surface area contributed by atoms with Crippen LogP contribution in [0.15, 0.2) is 29.6 Å². The van der Waals surface area contributed by atoms with Gasteiger partial charge in [-0.2, -0.15) is 0 Å². The molecular weight excluding hydrogens is 306 g/mol. The summed E-state index contributed by atoms with van der Waals surface area (Å²) in [6.07, 6.45) is 0. The maximum absolute atomic E-state index is 6.00. The molecule has 1 aromatic carbocycles. The van der Waals surface area contributed by atoms with E-state index in [1.54, 1.807) is 25.6 Å². The van der Waals surface area contributed by atoms with Crippen molar-refractivity contribution in [1.29, 1.82) is 0 Å². The minimum Gasteiger partial charge on any atom is -0.497 e. The van der Waals surface area contributed by atoms with Crippen molar-refractivity contribution in [2.24, 2.45) is 0 Å². The highest BCUT2D eigenvalue weighted by atomic mass is 35.5. The summed E-state index contributed by atoms with van der Waals surface area (Å²) < 4.78 is 11.5. The normalized spacial score (nSPS) is 13.8. The summed E-state index contributed by atoms with van der Waals surface area (Å²) >= 11 is 7.55. The maximum atomic E-state index is 6.00. The molecule has 0 fully saturated rings. The van der Waals surface area contributed by atoms with Crippen LogP contribution < -0.4 is 14.8 Å². The average Bonchev–Trinajstić information content (AvgIpc) is 2.93. The molecule has 0 saturated carbocycles. The molecule has 3 nitrogen and oxygen atoms in total. The second-order valence-corrected chi connectivity index (χ2v) is 6.44. The van der Waals surface area contributed by atoms with Crippen LogP contribution in [0.3, 0.4) is 0 Å². The SMILES string of the molecule is COc1ccc(C(C)NC(C)c2csc(Cl)c2)c(OC)c1. The Morgan fingerprint density at radius 2 is 1.86 bits per heavy atom. The van der Waals surface area contributed by atoms with E-state index in [1.165, 1.54) is 5.56 Å². The zero-order valence-electron chi connectivity index (χ0n) is 12.6. The Morgan fingerprint density at radius 3 is 2.43 bits per heavy atom. The van der Waals surface area contributed by atoms with Crippen LogP contribution in [0.1, 0.15) is 37.1 Å². The van der Waals surface area contributed by atoms with Gasteiger partial charge >= 0.3 is 0 Å². The molecule has 2 unspecified atom stereocenters. The molecule has 0 aliphatic rings. The molecule has 0 radical (unpaired) electrons. The second kappa shape index (κ2) is 7.16. The van der Waals surface area contributed by atoms with E-state index in [1.807, 2.05) is 24.3 Å². The highest BCUT2D eigenvalue weighted by molar-refractivity contribution is 7.14. The van der Waals surface area contributed by atoms with Crippen LogP contribution in [-0.4, -0.2) is 14.2 Å². The molecule has 1 aromatic heterocycles. The third-order valence-electron chi connectivity index (χ3n) is 3.49. The Hall–Kier alpha value is -1.23. The number of thiophene rings is 1. The van der Waals surface area contributed by atoms with E-state index < -0.39 is 0 Å². The number of hydrogen-bond donors (Lipinski definition) is 1. The van der Waals surface area contributed by atoms with Crippen molar-refractivity contribution < 1.29 is 9.47 Å². The zero-order valence-corrected chi connectivity index (χ0v) is 14.2. The first-order valence-corrected chi connectivity index (χ1v) is 8.02. The van der Waals surface area contributed by atoms with Gasteiger partial charge < -0.3 is 14.8 Å². The molecule has 21 heavy (non-hydrogen) atoms. The van der Waals surface area contributed by atoms with Crippen LogP contribution >= 0.6 is 22.9 Å². The molecule has 0 aliphatic heterocycles. The lowest BCUT2D eigenvalue weighted by molar-refractivity contribution is 0.383. The molecule has 1 N–H and O–H groups in total. The third kappa shape index (κ3) is 3.90. The number of ether oxygens (including phenoxy) is 2. The summed E-state index contributed by atoms with van der Waals surface area (Å²) in [6, 6.07) is 8.25. The first-order valence-electron chi connectivity index (χ1n) is 6.77. The van der Waals surface area contributed by atoms with Gasteiger partial charge in [0.2, 0.25) is 0 Å². The Bertz CT molecular complexity index is 600. The van der Waals surface area contributed by atoms with Crippen molar-refractivity contribution in [3.8, 4) is 11.5 Å². The van der Waals surface area contributed by atoms with Crippen molar-refractivity contribution in [2.75, 3.05) is 14.2 Å². The van der Waals surface area contributed by atoms with E-state index in [2.05, 4.69) is 24.5 Å². The van der Waals surface area contributed by atoms with Gasteiger partial charge in [0, 0.05) is 23.7 Å². The summed E-state index contributed by atoms with van der Waals surface area (Å²) in [5.74, 6) is 1.62. The molecular formula is C16H20ClNO2S. The van der Waals surface area contributed by atoms with Gasteiger partial charge in [-0.3, -0.25) is 0 Å². The summed E-state index contributed by atoms with van der Waals surface area (Å²) in [4.78, 5) is 0. The lowest BCUT2D eigenvalue weighted by atomic mass is 10.0. The van der Waals surface area contributed by atoms with Crippen molar-refractivity contribution in [3.05, 3.63) is 45.1 Å². The Labute approximate surface area is 134 Å². The van der Waals surface area contributed by atoms with Crippen molar-refractivity contribution in [3.63, 3.8) is 0 Å². The molecule has 0 amide bonds. The van der Waals surface area contributed by atoms with E-state index in [4.69, 9.17) is 21.1 Å². The van der Waals surface area contributed by atoms with Gasteiger partial charge in [0.1, 0.15) is 11.5 Å². The van der Waals surface area contributed by atoms with Crippen molar-refractivity contribution >= 4 is 22.9 Å². The lowest BCUT2D eigenvalue weighted by Crippen LogP contribution is -2.22. The number of nitrogens with one attached hydrogen (secondary N) is 1. The van der Waals surface area contributed by atoms with Crippen LogP contribution in [0, 0.1) is 0 Å². The monoisotopic (exact) mass is 325 g/mol. The van der Waals surface area contributed by atoms with Gasteiger partial charge in [-0.05, 0) is 36.9 Å². The quantitative estimate of drug-likeness (QED) is 0.825. The highest BCUT2D eigenvalue weighted by Crippen LogP contribution is 2.31. The van der Waals surface area contributed by atoms with E-state index in [9.17, 15) is 0 Å². The first kappa shape index (κ1) is 16.1. The molecule has 2 rings (SSSR count). The Kier molecular flexibility index (Phi) is 5.51. The maximum Gasteiger partial charge on any atom is 0.127 e. The van der Waals surface area contributed by atoms with E-state index in [0.717, 1.165) is 21.4 Å². The summed E-state index contributed by atoms with van der Waals surface area (Å²) in [6.45, 7) is 4.25. The van der Waals surface area contributed by atoms with Crippen LogP contribution in [0.2, 0.25) is 4.34 Å². The molecule has 2 aromatic rings. The second-order valence-electron chi connectivity index (χ2n) is 4.90. The van der Waals surface area contributed by atoms with Crippen LogP contribution in [-0.2, 0) is 0 Å². The molecule has 0 aliphatic carbocycles. The fourth-order valence-electron chi connectivity index (χ4n) is 2.29. The molecule has 114 valence electrons. The van der Waals surface area contributed by atoms with Crippen LogP contribution in [0.5, 0.6) is 11.5 Å². The van der Waals surface area contributed by atoms with Crippen molar-refractivity contribution in [1.82, 2.24) is 5.32 Å². The molecule has 5 heteroatoms. The fraction of sp³-hybridized carbons (Fsp3) is 0.375. The van der Waals surface area contributed by atoms with Gasteiger partial charge in [-0.15, -0.1) is 11.3 Å². The number of hydrogen-bond acceptors (Lipinski definition) is 4. The number of halogens is 1. The van der Waals surface area contributed by atoms with Crippen LogP contribution in [0.4, 0.5) is 0 Å². The smallest absolute Gasteiger partial charge is 0.127 e. The standard InChI is InChI=1S/C16H20ClNO2S/c1-10(12-7-16(17)21-9-12)18-11(2)14-6-5-13(19-3)8-15(14)20-4/h5-11,18H,1-4H3. The summed E-state index contributed by atoms with van der Waals surface area (Å²) in [5, 5.41) is 5.65. The first-order chi connectivity index (χ1) is 10.0. The predicted molar refractivity (Wildman–Crippen MR) is 88.8 cm³/mol. The van der Waals surface area contributed by atoms with Gasteiger partial charge in [0.25, 0.3) is 0 Å². The third-order valence-corrected chi connectivity index (χ3v) is 4.60. The molecule has 0 saturated heterocycles. The van der Waals surface area contributed by atoms with Gasteiger partial charge in [-0.25, -0.2) is 0 Å². The minimum absolute atomic E-state index is 0.152. The average molecular weight is 326 g/mol. The van der Waals surface area contributed by atoms with Gasteiger partial charge in [0.15, 0.2) is 0 Å². The largest absolute Gasteiger partial charge is 0.497 e. The van der Waals surface area contributed by atoms with Crippen molar-refractivity contribution in [2.45, 2.75) is 25.9 Å². The van der Waals surface area contributed by atoms with Crippen LogP contribution in [0.25, 0.3) is 0 Å². The van der Waals surface area contributed by atoms with Gasteiger partial charge in [0.05, 0.1) is 18.6 Å². The van der Waals surface area contributed by atoms with E-state index >= 15 is 0 Å². The number of methoxy groups -OCH3 is 2. The Balaban J connectivity index is 2.14. The minimum atomic E-state index is 0.152. The molecule has 1 heterocycles.